The molecule has 1 fully saturated rings. The van der Waals surface area contributed by atoms with Crippen molar-refractivity contribution in [1.82, 2.24) is 25.1 Å². The zero-order valence-corrected chi connectivity index (χ0v) is 11.5. The van der Waals surface area contributed by atoms with E-state index in [9.17, 15) is 4.79 Å². The maximum atomic E-state index is 12.5. The van der Waals surface area contributed by atoms with E-state index < -0.39 is 5.54 Å². The van der Waals surface area contributed by atoms with Gasteiger partial charge >= 0.3 is 0 Å². The highest BCUT2D eigenvalue weighted by atomic mass is 16.5. The molecule has 0 saturated carbocycles. The number of amides is 1. The molecule has 7 heteroatoms. The average molecular weight is 275 g/mol. The summed E-state index contributed by atoms with van der Waals surface area (Å²) in [5.41, 5.74) is 0.689. The largest absolute Gasteiger partial charge is 0.378 e. The number of aromatic amines is 1. The Balaban J connectivity index is 1.88. The van der Waals surface area contributed by atoms with Crippen LogP contribution >= 0.6 is 0 Å². The number of hydrogen-bond donors (Lipinski definition) is 2. The van der Waals surface area contributed by atoms with Crippen LogP contribution in [0.25, 0.3) is 0 Å². The van der Waals surface area contributed by atoms with E-state index in [4.69, 9.17) is 4.74 Å². The number of carbonyl (C=O) groups is 1. The van der Waals surface area contributed by atoms with Crippen molar-refractivity contribution in [3.05, 3.63) is 35.7 Å². The van der Waals surface area contributed by atoms with Crippen LogP contribution in [0, 0.1) is 6.92 Å². The van der Waals surface area contributed by atoms with Gasteiger partial charge in [-0.1, -0.05) is 0 Å². The van der Waals surface area contributed by atoms with Gasteiger partial charge in [0.15, 0.2) is 5.69 Å². The van der Waals surface area contributed by atoms with Crippen molar-refractivity contribution in [2.75, 3.05) is 13.2 Å². The van der Waals surface area contributed by atoms with Gasteiger partial charge in [-0.15, -0.1) is 0 Å². The summed E-state index contributed by atoms with van der Waals surface area (Å²) in [7, 11) is 1.80. The second-order valence-electron chi connectivity index (χ2n) is 5.11. The number of hydrogen-bond acceptors (Lipinski definition) is 4. The van der Waals surface area contributed by atoms with Crippen molar-refractivity contribution in [2.24, 2.45) is 7.05 Å². The van der Waals surface area contributed by atoms with Crippen LogP contribution in [0.4, 0.5) is 0 Å². The van der Waals surface area contributed by atoms with E-state index in [-0.39, 0.29) is 5.91 Å². The highest BCUT2D eigenvalue weighted by molar-refractivity contribution is 5.94. The minimum absolute atomic E-state index is 0.204. The van der Waals surface area contributed by atoms with Gasteiger partial charge < -0.3 is 15.0 Å². The van der Waals surface area contributed by atoms with Crippen LogP contribution in [0.15, 0.2) is 18.6 Å². The lowest BCUT2D eigenvalue weighted by Crippen LogP contribution is -2.47. The van der Waals surface area contributed by atoms with E-state index in [0.29, 0.717) is 25.3 Å². The van der Waals surface area contributed by atoms with Crippen molar-refractivity contribution >= 4 is 5.91 Å². The zero-order chi connectivity index (χ0) is 14.2. The van der Waals surface area contributed by atoms with Crippen LogP contribution in [-0.2, 0) is 17.3 Å². The van der Waals surface area contributed by atoms with Crippen LogP contribution in [0.1, 0.15) is 28.3 Å². The number of aromatic nitrogens is 4. The third-order valence-corrected chi connectivity index (χ3v) is 3.55. The number of rotatable bonds is 3. The molecule has 1 atom stereocenters. The van der Waals surface area contributed by atoms with Gasteiger partial charge in [-0.05, 0) is 6.92 Å². The second-order valence-corrected chi connectivity index (χ2v) is 5.11. The third-order valence-electron chi connectivity index (χ3n) is 3.55. The normalized spacial score (nSPS) is 22.1. The van der Waals surface area contributed by atoms with Gasteiger partial charge in [0.05, 0.1) is 6.61 Å². The Labute approximate surface area is 116 Å². The minimum Gasteiger partial charge on any atom is -0.378 e. The van der Waals surface area contributed by atoms with Crippen molar-refractivity contribution < 1.29 is 9.53 Å². The summed E-state index contributed by atoms with van der Waals surface area (Å²) < 4.78 is 7.09. The molecule has 106 valence electrons. The Kier molecular flexibility index (Phi) is 3.06. The van der Waals surface area contributed by atoms with Crippen LogP contribution in [0.2, 0.25) is 0 Å². The van der Waals surface area contributed by atoms with Crippen LogP contribution in [0.3, 0.4) is 0 Å². The third kappa shape index (κ3) is 2.09. The fourth-order valence-corrected chi connectivity index (χ4v) is 2.54. The van der Waals surface area contributed by atoms with Gasteiger partial charge in [0.25, 0.3) is 5.91 Å². The van der Waals surface area contributed by atoms with E-state index in [0.717, 1.165) is 11.4 Å². The van der Waals surface area contributed by atoms with Crippen molar-refractivity contribution in [1.29, 1.82) is 0 Å². The molecule has 0 spiro atoms. The lowest BCUT2D eigenvalue weighted by molar-refractivity contribution is 0.0863. The first-order valence-corrected chi connectivity index (χ1v) is 6.51. The van der Waals surface area contributed by atoms with Crippen molar-refractivity contribution in [3.8, 4) is 0 Å². The highest BCUT2D eigenvalue weighted by Gasteiger charge is 2.41. The van der Waals surface area contributed by atoms with E-state index >= 15 is 0 Å². The van der Waals surface area contributed by atoms with Crippen LogP contribution in [0.5, 0.6) is 0 Å². The van der Waals surface area contributed by atoms with Gasteiger partial charge in [0, 0.05) is 44.2 Å². The second kappa shape index (κ2) is 4.75. The Morgan fingerprint density at radius 3 is 3.00 bits per heavy atom. The van der Waals surface area contributed by atoms with Crippen molar-refractivity contribution in [3.63, 3.8) is 0 Å². The molecule has 2 aromatic rings. The van der Waals surface area contributed by atoms with Gasteiger partial charge in [-0.25, -0.2) is 4.98 Å². The molecule has 3 rings (SSSR count). The molecule has 1 unspecified atom stereocenters. The first-order valence-electron chi connectivity index (χ1n) is 6.51. The standard InChI is InChI=1S/C13H17N5O2/c1-9-7-18(2)17-10(9)11(19)16-13(3-6-20-8-13)12-14-4-5-15-12/h4-5,7H,3,6,8H2,1-2H3,(H,14,15)(H,16,19). The fraction of sp³-hybridized carbons (Fsp3) is 0.462. The summed E-state index contributed by atoms with van der Waals surface area (Å²) in [5.74, 6) is 0.516. The van der Waals surface area contributed by atoms with Crippen LogP contribution < -0.4 is 5.32 Å². The van der Waals surface area contributed by atoms with Gasteiger partial charge in [0.1, 0.15) is 11.4 Å². The topological polar surface area (TPSA) is 84.8 Å². The first-order chi connectivity index (χ1) is 9.61. The SMILES string of the molecule is Cc1cn(C)nc1C(=O)NC1(c2ncc[nH]2)CCOC1. The highest BCUT2D eigenvalue weighted by Crippen LogP contribution is 2.28. The predicted octanol–water partition coefficient (Wildman–Crippen LogP) is 0.497. The number of aryl methyl sites for hydroxylation is 2. The molecule has 1 amide bonds. The molecule has 1 aliphatic heterocycles. The summed E-state index contributed by atoms with van der Waals surface area (Å²) in [6.45, 7) is 2.88. The molecule has 1 saturated heterocycles. The van der Waals surface area contributed by atoms with Gasteiger partial charge in [-0.3, -0.25) is 9.48 Å². The van der Waals surface area contributed by atoms with E-state index in [1.54, 1.807) is 24.1 Å². The molecule has 2 N–H and O–H groups in total. The summed E-state index contributed by atoms with van der Waals surface area (Å²) in [4.78, 5) is 19.8. The first kappa shape index (κ1) is 12.9. The molecular weight excluding hydrogens is 258 g/mol. The van der Waals surface area contributed by atoms with E-state index in [1.165, 1.54) is 0 Å². The Hall–Kier alpha value is -2.15. The van der Waals surface area contributed by atoms with Gasteiger partial charge in [0.2, 0.25) is 0 Å². The van der Waals surface area contributed by atoms with E-state index in [2.05, 4.69) is 20.4 Å². The van der Waals surface area contributed by atoms with E-state index in [1.807, 2.05) is 13.1 Å². The molecule has 0 bridgehead atoms. The fourth-order valence-electron chi connectivity index (χ4n) is 2.54. The predicted molar refractivity (Wildman–Crippen MR) is 71.1 cm³/mol. The summed E-state index contributed by atoms with van der Waals surface area (Å²) >= 11 is 0. The molecule has 0 aromatic carbocycles. The molecule has 7 nitrogen and oxygen atoms in total. The average Bonchev–Trinajstić information content (AvgIpc) is 3.10. The Morgan fingerprint density at radius 2 is 2.45 bits per heavy atom. The number of nitrogens with zero attached hydrogens (tertiary/aromatic N) is 3. The number of imidazole rings is 1. The summed E-state index contributed by atoms with van der Waals surface area (Å²) in [5, 5.41) is 7.23. The Bertz CT molecular complexity index is 611. The maximum Gasteiger partial charge on any atom is 0.272 e. The van der Waals surface area contributed by atoms with Crippen molar-refractivity contribution in [2.45, 2.75) is 18.9 Å². The quantitative estimate of drug-likeness (QED) is 0.854. The smallest absolute Gasteiger partial charge is 0.272 e. The molecule has 0 aliphatic carbocycles. The monoisotopic (exact) mass is 275 g/mol. The lowest BCUT2D eigenvalue weighted by Gasteiger charge is -2.26. The lowest BCUT2D eigenvalue weighted by atomic mass is 9.97. The molecule has 20 heavy (non-hydrogen) atoms. The maximum absolute atomic E-state index is 12.5. The number of ether oxygens (including phenoxy) is 1. The van der Waals surface area contributed by atoms with Gasteiger partial charge in [-0.2, -0.15) is 5.10 Å². The minimum atomic E-state index is -0.593. The van der Waals surface area contributed by atoms with Crippen LogP contribution in [-0.4, -0.2) is 38.9 Å². The number of nitrogens with one attached hydrogen (secondary N) is 2. The summed E-state index contributed by atoms with van der Waals surface area (Å²) in [6, 6.07) is 0. The number of H-pyrrole nitrogens is 1. The molecule has 2 aromatic heterocycles. The molecule has 3 heterocycles. The molecule has 1 aliphatic rings. The zero-order valence-electron chi connectivity index (χ0n) is 11.5. The summed E-state index contributed by atoms with van der Waals surface area (Å²) in [6.07, 6.45) is 5.93. The number of carbonyl (C=O) groups excluding carboxylic acids is 1. The molecule has 0 radical (unpaired) electrons. The molecular formula is C13H17N5O2. The Morgan fingerprint density at radius 1 is 1.60 bits per heavy atom.